The number of benzene rings is 2. The van der Waals surface area contributed by atoms with Gasteiger partial charge in [-0.3, -0.25) is 14.9 Å². The van der Waals surface area contributed by atoms with Gasteiger partial charge in [0, 0.05) is 11.8 Å². The second kappa shape index (κ2) is 8.81. The summed E-state index contributed by atoms with van der Waals surface area (Å²) in [5, 5.41) is 18.5. The van der Waals surface area contributed by atoms with Crippen molar-refractivity contribution in [2.24, 2.45) is 0 Å². The molecule has 3 N–H and O–H groups in total. The van der Waals surface area contributed by atoms with Gasteiger partial charge in [-0.25, -0.2) is 4.68 Å². The minimum Gasteiger partial charge on any atom is -0.335 e. The van der Waals surface area contributed by atoms with Gasteiger partial charge in [-0.05, 0) is 17.7 Å². The van der Waals surface area contributed by atoms with Crippen LogP contribution in [-0.4, -0.2) is 25.7 Å². The molecule has 14 heteroatoms. The van der Waals surface area contributed by atoms with E-state index in [-0.39, 0.29) is 20.5 Å². The molecule has 0 aliphatic carbocycles. The first-order valence-corrected chi connectivity index (χ1v) is 9.57. The Morgan fingerprint density at radius 3 is 2.48 bits per heavy atom. The zero-order chi connectivity index (χ0) is 22.8. The molecule has 9 nitrogen and oxygen atoms in total. The van der Waals surface area contributed by atoms with Crippen LogP contribution in [0.15, 0.2) is 53.7 Å². The average molecular weight is 473 g/mol. The van der Waals surface area contributed by atoms with E-state index in [1.165, 1.54) is 12.1 Å². The second-order valence-electron chi connectivity index (χ2n) is 6.00. The highest BCUT2D eigenvalue weighted by atomic mass is 35.5. The van der Waals surface area contributed by atoms with E-state index < -0.39 is 33.8 Å². The van der Waals surface area contributed by atoms with Gasteiger partial charge in [-0.1, -0.05) is 53.7 Å². The molecule has 1 atom stereocenters. The smallest absolute Gasteiger partial charge is 0.335 e. The van der Waals surface area contributed by atoms with Crippen molar-refractivity contribution in [2.75, 3.05) is 11.2 Å². The highest BCUT2D eigenvalue weighted by Gasteiger charge is 2.39. The largest absolute Gasteiger partial charge is 0.453 e. The molecule has 0 spiro atoms. The molecule has 0 saturated carbocycles. The molecule has 1 heterocycles. The van der Waals surface area contributed by atoms with Crippen LogP contribution in [0.25, 0.3) is 0 Å². The van der Waals surface area contributed by atoms with E-state index in [2.05, 4.69) is 15.5 Å². The quantitative estimate of drug-likeness (QED) is 0.239. The standard InChI is InChI=1S/C17H12ClF3N6O3S/c18-11-7-6-10(8-12(11)27(29)30)23-14(28)13(9-4-2-1-3-5-9)31-16-25-24-15(26(16)22)17(19,20)21/h1-8,13H,22H2,(H,23,28)/t13-/m1/s1. The lowest BCUT2D eigenvalue weighted by atomic mass is 10.1. The third-order valence-corrected chi connectivity index (χ3v) is 5.42. The Morgan fingerprint density at radius 1 is 1.23 bits per heavy atom. The Kier molecular flexibility index (Phi) is 6.36. The summed E-state index contributed by atoms with van der Waals surface area (Å²) in [5.41, 5.74) is 0.0951. The van der Waals surface area contributed by atoms with E-state index in [1.54, 1.807) is 30.3 Å². The number of halogens is 4. The van der Waals surface area contributed by atoms with Crippen LogP contribution in [0.1, 0.15) is 16.6 Å². The van der Waals surface area contributed by atoms with Gasteiger partial charge in [-0.15, -0.1) is 10.2 Å². The van der Waals surface area contributed by atoms with E-state index in [0.717, 1.165) is 6.07 Å². The molecule has 31 heavy (non-hydrogen) atoms. The Labute approximate surface area is 181 Å². The zero-order valence-corrected chi connectivity index (χ0v) is 16.8. The van der Waals surface area contributed by atoms with Gasteiger partial charge in [0.15, 0.2) is 0 Å². The van der Waals surface area contributed by atoms with Crippen molar-refractivity contribution in [3.63, 3.8) is 0 Å². The first kappa shape index (κ1) is 22.4. The minimum absolute atomic E-state index is 0.0767. The summed E-state index contributed by atoms with van der Waals surface area (Å²) >= 11 is 6.41. The van der Waals surface area contributed by atoms with Gasteiger partial charge >= 0.3 is 6.18 Å². The number of thioether (sulfide) groups is 1. The number of nitro benzene ring substituents is 1. The van der Waals surface area contributed by atoms with Crippen LogP contribution >= 0.6 is 23.4 Å². The van der Waals surface area contributed by atoms with Gasteiger partial charge in [0.2, 0.25) is 11.1 Å². The number of hydrogen-bond acceptors (Lipinski definition) is 7. The summed E-state index contributed by atoms with van der Waals surface area (Å²) < 4.78 is 39.1. The van der Waals surface area contributed by atoms with E-state index in [9.17, 15) is 28.1 Å². The fraction of sp³-hybridized carbons (Fsp3) is 0.118. The van der Waals surface area contributed by atoms with Crippen LogP contribution in [-0.2, 0) is 11.0 Å². The second-order valence-corrected chi connectivity index (χ2v) is 7.47. The van der Waals surface area contributed by atoms with Crippen LogP contribution in [0.5, 0.6) is 0 Å². The van der Waals surface area contributed by atoms with Gasteiger partial charge < -0.3 is 11.2 Å². The van der Waals surface area contributed by atoms with Crippen molar-refractivity contribution in [1.29, 1.82) is 0 Å². The molecule has 0 unspecified atom stereocenters. The number of nitrogen functional groups attached to an aromatic ring is 1. The Bertz CT molecular complexity index is 1130. The summed E-state index contributed by atoms with van der Waals surface area (Å²) in [6.07, 6.45) is -4.83. The van der Waals surface area contributed by atoms with E-state index in [1.807, 2.05) is 0 Å². The molecule has 162 valence electrons. The number of alkyl halides is 3. The van der Waals surface area contributed by atoms with Crippen molar-refractivity contribution >= 4 is 40.6 Å². The van der Waals surface area contributed by atoms with Gasteiger partial charge in [-0.2, -0.15) is 13.2 Å². The number of nitrogens with two attached hydrogens (primary N) is 1. The molecule has 0 bridgehead atoms. The van der Waals surface area contributed by atoms with Crippen LogP contribution in [0.2, 0.25) is 5.02 Å². The molecule has 0 fully saturated rings. The predicted octanol–water partition coefficient (Wildman–Crippen LogP) is 4.04. The highest BCUT2D eigenvalue weighted by Crippen LogP contribution is 2.37. The molecule has 2 aromatic carbocycles. The van der Waals surface area contributed by atoms with Crippen LogP contribution in [0.4, 0.5) is 24.5 Å². The third-order valence-electron chi connectivity index (χ3n) is 3.89. The summed E-state index contributed by atoms with van der Waals surface area (Å²) in [4.78, 5) is 23.3. The number of nitrogens with one attached hydrogen (secondary N) is 1. The molecule has 0 saturated heterocycles. The molecule has 1 aromatic heterocycles. The SMILES string of the molecule is Nn1c(S[C@@H](C(=O)Nc2ccc(Cl)c([N+](=O)[O-])c2)c2ccccc2)nnc1C(F)(F)F. The maximum atomic E-state index is 12.9. The monoisotopic (exact) mass is 472 g/mol. The molecule has 0 aliphatic rings. The number of hydrogen-bond donors (Lipinski definition) is 2. The summed E-state index contributed by atoms with van der Waals surface area (Å²) in [6.45, 7) is 0. The van der Waals surface area contributed by atoms with Gasteiger partial charge in [0.25, 0.3) is 11.5 Å². The fourth-order valence-corrected chi connectivity index (χ4v) is 3.64. The van der Waals surface area contributed by atoms with E-state index in [0.29, 0.717) is 17.3 Å². The highest BCUT2D eigenvalue weighted by molar-refractivity contribution is 8.00. The van der Waals surface area contributed by atoms with Crippen molar-refractivity contribution in [3.8, 4) is 0 Å². The summed E-state index contributed by atoms with van der Waals surface area (Å²) in [6, 6.07) is 11.8. The maximum absolute atomic E-state index is 12.9. The average Bonchev–Trinajstić information content (AvgIpc) is 3.08. The number of anilines is 1. The number of amides is 1. The number of carbonyl (C=O) groups is 1. The molecular weight excluding hydrogens is 461 g/mol. The van der Waals surface area contributed by atoms with Crippen molar-refractivity contribution in [1.82, 2.24) is 14.9 Å². The van der Waals surface area contributed by atoms with E-state index >= 15 is 0 Å². The number of nitro groups is 1. The molecule has 1 amide bonds. The fourth-order valence-electron chi connectivity index (χ4n) is 2.50. The predicted molar refractivity (Wildman–Crippen MR) is 107 cm³/mol. The van der Waals surface area contributed by atoms with Crippen LogP contribution < -0.4 is 11.2 Å². The molecular formula is C17H12ClF3N6O3S. The van der Waals surface area contributed by atoms with Crippen LogP contribution in [0, 0.1) is 10.1 Å². The van der Waals surface area contributed by atoms with Crippen molar-refractivity contribution in [2.45, 2.75) is 16.6 Å². The maximum Gasteiger partial charge on any atom is 0.453 e. The summed E-state index contributed by atoms with van der Waals surface area (Å²) in [7, 11) is 0. The molecule has 3 aromatic rings. The van der Waals surface area contributed by atoms with Crippen molar-refractivity contribution < 1.29 is 22.9 Å². The Morgan fingerprint density at radius 2 is 1.90 bits per heavy atom. The number of carbonyl (C=O) groups excluding carboxylic acids is 1. The Hall–Kier alpha value is -3.32. The number of aromatic nitrogens is 3. The van der Waals surface area contributed by atoms with Gasteiger partial charge in [0.05, 0.1) is 4.92 Å². The number of nitrogens with zero attached hydrogens (tertiary/aromatic N) is 4. The first-order chi connectivity index (χ1) is 14.6. The number of rotatable bonds is 6. The first-order valence-electron chi connectivity index (χ1n) is 8.32. The minimum atomic E-state index is -4.83. The lowest BCUT2D eigenvalue weighted by Gasteiger charge is -2.16. The molecule has 3 rings (SSSR count). The Balaban J connectivity index is 1.92. The van der Waals surface area contributed by atoms with E-state index in [4.69, 9.17) is 17.4 Å². The molecule has 0 radical (unpaired) electrons. The topological polar surface area (TPSA) is 129 Å². The lowest BCUT2D eigenvalue weighted by Crippen LogP contribution is -2.23. The van der Waals surface area contributed by atoms with Gasteiger partial charge in [0.1, 0.15) is 10.3 Å². The lowest BCUT2D eigenvalue weighted by molar-refractivity contribution is -0.384. The third kappa shape index (κ3) is 5.06. The molecule has 0 aliphatic heterocycles. The summed E-state index contributed by atoms with van der Waals surface area (Å²) in [5.74, 6) is 3.37. The van der Waals surface area contributed by atoms with Crippen molar-refractivity contribution in [3.05, 3.63) is 75.1 Å². The van der Waals surface area contributed by atoms with Crippen LogP contribution in [0.3, 0.4) is 0 Å². The normalized spacial score (nSPS) is 12.4. The zero-order valence-electron chi connectivity index (χ0n) is 15.2.